The van der Waals surface area contributed by atoms with Crippen LogP contribution in [-0.2, 0) is 4.74 Å². The summed E-state index contributed by atoms with van der Waals surface area (Å²) in [5.41, 5.74) is -0.112. The standard InChI is InChI=1S/C19H16N2O7/c1-27-13-6-10(20-19(26)28-2)5-11(7-13)21-9-15(18(24)25)17(23)14-4-3-12(22)8-16(14)21/h3-9,22H,1-2H3,(H,20,26)(H,24,25). The Bertz CT molecular complexity index is 1150. The Morgan fingerprint density at radius 2 is 1.86 bits per heavy atom. The summed E-state index contributed by atoms with van der Waals surface area (Å²) < 4.78 is 11.2. The lowest BCUT2D eigenvalue weighted by atomic mass is 10.1. The molecule has 1 amide bonds. The Morgan fingerprint density at radius 3 is 2.50 bits per heavy atom. The van der Waals surface area contributed by atoms with Gasteiger partial charge in [-0.15, -0.1) is 0 Å². The largest absolute Gasteiger partial charge is 0.508 e. The Balaban J connectivity index is 2.33. The number of carboxylic acids is 1. The summed E-state index contributed by atoms with van der Waals surface area (Å²) in [6, 6.07) is 8.66. The summed E-state index contributed by atoms with van der Waals surface area (Å²) in [5.74, 6) is -1.11. The summed E-state index contributed by atoms with van der Waals surface area (Å²) in [6.07, 6.45) is 0.455. The maximum Gasteiger partial charge on any atom is 0.411 e. The summed E-state index contributed by atoms with van der Waals surface area (Å²) in [6.45, 7) is 0. The molecule has 1 heterocycles. The van der Waals surface area contributed by atoms with Crippen LogP contribution in [0.15, 0.2) is 47.4 Å². The second-order valence-corrected chi connectivity index (χ2v) is 5.78. The number of phenols is 1. The maximum absolute atomic E-state index is 12.5. The molecular formula is C19H16N2O7. The van der Waals surface area contributed by atoms with Crippen molar-refractivity contribution >= 4 is 28.7 Å². The van der Waals surface area contributed by atoms with E-state index in [2.05, 4.69) is 10.1 Å². The molecule has 9 heteroatoms. The third-order valence-electron chi connectivity index (χ3n) is 4.06. The van der Waals surface area contributed by atoms with E-state index in [0.717, 1.165) is 6.20 Å². The lowest BCUT2D eigenvalue weighted by Gasteiger charge is -2.15. The van der Waals surface area contributed by atoms with Crippen molar-refractivity contribution in [1.29, 1.82) is 0 Å². The van der Waals surface area contributed by atoms with Crippen LogP contribution in [0.2, 0.25) is 0 Å². The van der Waals surface area contributed by atoms with Crippen molar-refractivity contribution in [2.45, 2.75) is 0 Å². The van der Waals surface area contributed by atoms with Crippen LogP contribution in [-0.4, -0.2) is 41.1 Å². The Hall–Kier alpha value is -4.01. The number of aromatic hydroxyl groups is 1. The number of benzene rings is 2. The molecule has 0 saturated heterocycles. The topological polar surface area (TPSA) is 127 Å². The summed E-state index contributed by atoms with van der Waals surface area (Å²) in [4.78, 5) is 35.5. The molecule has 3 N–H and O–H groups in total. The minimum absolute atomic E-state index is 0.0977. The van der Waals surface area contributed by atoms with Gasteiger partial charge in [0.15, 0.2) is 0 Å². The minimum atomic E-state index is -1.38. The lowest BCUT2D eigenvalue weighted by molar-refractivity contribution is 0.0695. The van der Waals surface area contributed by atoms with Gasteiger partial charge in [0.2, 0.25) is 5.43 Å². The fourth-order valence-electron chi connectivity index (χ4n) is 2.76. The number of pyridine rings is 1. The Labute approximate surface area is 158 Å². The number of phenolic OH excluding ortho intramolecular Hbond substituents is 1. The molecule has 3 rings (SSSR count). The lowest BCUT2D eigenvalue weighted by Crippen LogP contribution is -2.18. The molecule has 0 atom stereocenters. The number of aromatic nitrogens is 1. The van der Waals surface area contributed by atoms with Crippen LogP contribution in [0, 0.1) is 0 Å². The quantitative estimate of drug-likeness (QED) is 0.631. The van der Waals surface area contributed by atoms with Gasteiger partial charge in [-0.05, 0) is 18.2 Å². The number of methoxy groups -OCH3 is 2. The van der Waals surface area contributed by atoms with Crippen molar-refractivity contribution in [3.63, 3.8) is 0 Å². The van der Waals surface area contributed by atoms with E-state index >= 15 is 0 Å². The second kappa shape index (κ2) is 7.31. The van der Waals surface area contributed by atoms with Crippen LogP contribution in [0.4, 0.5) is 10.5 Å². The summed E-state index contributed by atoms with van der Waals surface area (Å²) in [5, 5.41) is 21.9. The number of ether oxygens (including phenoxy) is 2. The van der Waals surface area contributed by atoms with Gasteiger partial charge in [-0.1, -0.05) is 0 Å². The first-order chi connectivity index (χ1) is 13.3. The highest BCUT2D eigenvalue weighted by Gasteiger charge is 2.17. The van der Waals surface area contributed by atoms with E-state index in [9.17, 15) is 24.6 Å². The fourth-order valence-corrected chi connectivity index (χ4v) is 2.76. The Kier molecular flexibility index (Phi) is 4.90. The average Bonchev–Trinajstić information content (AvgIpc) is 2.67. The number of nitrogens with zero attached hydrogens (tertiary/aromatic N) is 1. The van der Waals surface area contributed by atoms with Crippen LogP contribution in [0.3, 0.4) is 0 Å². The third kappa shape index (κ3) is 3.45. The molecule has 144 valence electrons. The number of nitrogens with one attached hydrogen (secondary N) is 1. The van der Waals surface area contributed by atoms with Crippen LogP contribution in [0.5, 0.6) is 11.5 Å². The molecule has 3 aromatic rings. The highest BCUT2D eigenvalue weighted by Crippen LogP contribution is 2.27. The minimum Gasteiger partial charge on any atom is -0.508 e. The molecular weight excluding hydrogens is 368 g/mol. The van der Waals surface area contributed by atoms with Gasteiger partial charge >= 0.3 is 12.1 Å². The van der Waals surface area contributed by atoms with Crippen molar-refractivity contribution in [2.24, 2.45) is 0 Å². The molecule has 0 fully saturated rings. The SMILES string of the molecule is COC(=O)Nc1cc(OC)cc(-n2cc(C(=O)O)c(=O)c3ccc(O)cc32)c1. The van der Waals surface area contributed by atoms with Crippen molar-refractivity contribution in [3.8, 4) is 17.2 Å². The molecule has 0 spiro atoms. The molecule has 0 bridgehead atoms. The molecule has 0 aliphatic rings. The third-order valence-corrected chi connectivity index (χ3v) is 4.06. The number of amides is 1. The van der Waals surface area contributed by atoms with Gasteiger partial charge < -0.3 is 24.3 Å². The predicted octanol–water partition coefficient (Wildman–Crippen LogP) is 2.58. The number of hydrogen-bond acceptors (Lipinski definition) is 6. The normalized spacial score (nSPS) is 10.5. The van der Waals surface area contributed by atoms with E-state index in [1.807, 2.05) is 0 Å². The summed E-state index contributed by atoms with van der Waals surface area (Å²) in [7, 11) is 2.65. The zero-order chi connectivity index (χ0) is 20.4. The molecule has 2 aromatic carbocycles. The van der Waals surface area contributed by atoms with E-state index < -0.39 is 23.1 Å². The van der Waals surface area contributed by atoms with Crippen LogP contribution < -0.4 is 15.5 Å². The number of carboxylic acid groups (broad SMARTS) is 1. The van der Waals surface area contributed by atoms with Crippen LogP contribution >= 0.6 is 0 Å². The second-order valence-electron chi connectivity index (χ2n) is 5.78. The molecule has 0 saturated carbocycles. The number of carbonyl (C=O) groups excluding carboxylic acids is 1. The van der Waals surface area contributed by atoms with Crippen molar-refractivity contribution in [2.75, 3.05) is 19.5 Å². The number of rotatable bonds is 4. The predicted molar refractivity (Wildman–Crippen MR) is 101 cm³/mol. The molecule has 0 aliphatic heterocycles. The number of hydrogen-bond donors (Lipinski definition) is 3. The van der Waals surface area contributed by atoms with Crippen LogP contribution in [0.1, 0.15) is 10.4 Å². The molecule has 28 heavy (non-hydrogen) atoms. The van der Waals surface area contributed by atoms with Gasteiger partial charge in [0.05, 0.1) is 25.4 Å². The van der Waals surface area contributed by atoms with Gasteiger partial charge in [0.25, 0.3) is 0 Å². The average molecular weight is 384 g/mol. The van der Waals surface area contributed by atoms with Crippen LogP contribution in [0.25, 0.3) is 16.6 Å². The van der Waals surface area contributed by atoms with Gasteiger partial charge in [-0.2, -0.15) is 0 Å². The van der Waals surface area contributed by atoms with E-state index in [0.29, 0.717) is 17.1 Å². The van der Waals surface area contributed by atoms with E-state index in [-0.39, 0.29) is 16.7 Å². The smallest absolute Gasteiger partial charge is 0.411 e. The van der Waals surface area contributed by atoms with Gasteiger partial charge in [0, 0.05) is 35.5 Å². The first-order valence-corrected chi connectivity index (χ1v) is 8.00. The molecule has 9 nitrogen and oxygen atoms in total. The van der Waals surface area contributed by atoms with E-state index in [1.165, 1.54) is 37.0 Å². The van der Waals surface area contributed by atoms with Gasteiger partial charge in [0.1, 0.15) is 17.1 Å². The summed E-state index contributed by atoms with van der Waals surface area (Å²) >= 11 is 0. The Morgan fingerprint density at radius 1 is 1.11 bits per heavy atom. The zero-order valence-corrected chi connectivity index (χ0v) is 14.9. The highest BCUT2D eigenvalue weighted by molar-refractivity contribution is 5.94. The van der Waals surface area contributed by atoms with Crippen molar-refractivity contribution in [1.82, 2.24) is 4.57 Å². The number of aromatic carboxylic acids is 1. The maximum atomic E-state index is 12.5. The van der Waals surface area contributed by atoms with E-state index in [4.69, 9.17) is 4.74 Å². The van der Waals surface area contributed by atoms with Crippen molar-refractivity contribution in [3.05, 3.63) is 58.4 Å². The molecule has 0 radical (unpaired) electrons. The molecule has 1 aromatic heterocycles. The monoisotopic (exact) mass is 384 g/mol. The number of anilines is 1. The number of carbonyl (C=O) groups is 2. The highest BCUT2D eigenvalue weighted by atomic mass is 16.5. The zero-order valence-electron chi connectivity index (χ0n) is 14.9. The molecule has 0 unspecified atom stereocenters. The first-order valence-electron chi connectivity index (χ1n) is 8.00. The van der Waals surface area contributed by atoms with E-state index in [1.54, 1.807) is 18.2 Å². The van der Waals surface area contributed by atoms with Crippen molar-refractivity contribution < 1.29 is 29.3 Å². The first kappa shape index (κ1) is 18.8. The fraction of sp³-hybridized carbons (Fsp3) is 0.105. The van der Waals surface area contributed by atoms with Gasteiger partial charge in [-0.3, -0.25) is 10.1 Å². The molecule has 0 aliphatic carbocycles. The van der Waals surface area contributed by atoms with Gasteiger partial charge in [-0.25, -0.2) is 9.59 Å². The number of fused-ring (bicyclic) bond motifs is 1.